The number of anilines is 1. The molecule has 1 heterocycles. The molecule has 0 aromatic heterocycles. The van der Waals surface area contributed by atoms with E-state index in [1.807, 2.05) is 36.9 Å². The van der Waals surface area contributed by atoms with Crippen LogP contribution in [-0.4, -0.2) is 29.6 Å². The Labute approximate surface area is 115 Å². The highest BCUT2D eigenvalue weighted by Gasteiger charge is 2.38. The van der Waals surface area contributed by atoms with Crippen LogP contribution in [0.15, 0.2) is 22.7 Å². The number of carbonyl (C=O) groups is 1. The third kappa shape index (κ3) is 2.24. The zero-order valence-electron chi connectivity index (χ0n) is 10.5. The van der Waals surface area contributed by atoms with Crippen molar-refractivity contribution in [3.8, 4) is 0 Å². The Morgan fingerprint density at radius 2 is 2.22 bits per heavy atom. The molecule has 2 N–H and O–H groups in total. The van der Waals surface area contributed by atoms with E-state index in [1.165, 1.54) is 0 Å². The van der Waals surface area contributed by atoms with E-state index in [-0.39, 0.29) is 12.5 Å². The molecule has 1 fully saturated rings. The van der Waals surface area contributed by atoms with Gasteiger partial charge in [0.2, 0.25) is 5.91 Å². The van der Waals surface area contributed by atoms with Gasteiger partial charge >= 0.3 is 0 Å². The fourth-order valence-corrected chi connectivity index (χ4v) is 2.59. The van der Waals surface area contributed by atoms with Crippen molar-refractivity contribution in [3.05, 3.63) is 28.2 Å². The second-order valence-corrected chi connectivity index (χ2v) is 5.81. The molecule has 1 aliphatic heterocycles. The first-order valence-corrected chi connectivity index (χ1v) is 6.71. The minimum Gasteiger partial charge on any atom is -0.392 e. The maximum Gasteiger partial charge on any atom is 0.245 e. The zero-order chi connectivity index (χ0) is 13.3. The van der Waals surface area contributed by atoms with Crippen molar-refractivity contribution in [2.75, 3.05) is 18.0 Å². The molecule has 0 radical (unpaired) electrons. The Morgan fingerprint density at radius 3 is 2.89 bits per heavy atom. The Hall–Kier alpha value is -1.07. The van der Waals surface area contributed by atoms with Gasteiger partial charge in [0, 0.05) is 28.8 Å². The molecule has 0 atom stereocenters. The molecule has 5 heteroatoms. The van der Waals surface area contributed by atoms with E-state index in [0.29, 0.717) is 6.54 Å². The normalized spacial score (nSPS) is 18.7. The molecule has 2 rings (SSSR count). The van der Waals surface area contributed by atoms with Crippen molar-refractivity contribution < 1.29 is 9.90 Å². The van der Waals surface area contributed by atoms with Crippen LogP contribution in [0, 0.1) is 0 Å². The van der Waals surface area contributed by atoms with E-state index in [2.05, 4.69) is 21.2 Å². The fourth-order valence-electron chi connectivity index (χ4n) is 2.24. The molecular weight excluding hydrogens is 296 g/mol. The van der Waals surface area contributed by atoms with Crippen LogP contribution in [0.2, 0.25) is 0 Å². The predicted molar refractivity (Wildman–Crippen MR) is 74.5 cm³/mol. The first-order valence-electron chi connectivity index (χ1n) is 5.92. The highest BCUT2D eigenvalue weighted by atomic mass is 79.9. The number of carbonyl (C=O) groups excluding carboxylic acids is 1. The smallest absolute Gasteiger partial charge is 0.245 e. The van der Waals surface area contributed by atoms with E-state index in [0.717, 1.165) is 22.3 Å². The first-order chi connectivity index (χ1) is 8.46. The molecule has 0 bridgehead atoms. The number of piperazine rings is 1. The quantitative estimate of drug-likeness (QED) is 0.873. The molecule has 0 spiro atoms. The van der Waals surface area contributed by atoms with Gasteiger partial charge < -0.3 is 15.3 Å². The van der Waals surface area contributed by atoms with Crippen LogP contribution < -0.4 is 10.2 Å². The topological polar surface area (TPSA) is 52.6 Å². The molecule has 1 saturated heterocycles. The van der Waals surface area contributed by atoms with Crippen molar-refractivity contribution in [2.45, 2.75) is 26.0 Å². The van der Waals surface area contributed by atoms with Gasteiger partial charge in [0.25, 0.3) is 0 Å². The summed E-state index contributed by atoms with van der Waals surface area (Å²) in [5, 5.41) is 12.3. The number of hydrogen-bond donors (Lipinski definition) is 2. The van der Waals surface area contributed by atoms with Crippen LogP contribution in [0.3, 0.4) is 0 Å². The lowest BCUT2D eigenvalue weighted by Gasteiger charge is -2.43. The predicted octanol–water partition coefficient (Wildman–Crippen LogP) is 1.66. The summed E-state index contributed by atoms with van der Waals surface area (Å²) < 4.78 is 0.941. The summed E-state index contributed by atoms with van der Waals surface area (Å²) in [6.45, 7) is 5.12. The lowest BCUT2D eigenvalue weighted by molar-refractivity contribution is -0.126. The van der Waals surface area contributed by atoms with Crippen LogP contribution in [0.4, 0.5) is 5.69 Å². The maximum atomic E-state index is 12.0. The fraction of sp³-hybridized carbons (Fsp3) is 0.462. The highest BCUT2D eigenvalue weighted by Crippen LogP contribution is 2.31. The minimum atomic E-state index is -0.608. The SMILES string of the molecule is CC1(C)C(=O)NCCN1c1cc(Br)ccc1CO. The number of amides is 1. The van der Waals surface area contributed by atoms with Gasteiger partial charge in [0.1, 0.15) is 5.54 Å². The standard InChI is InChI=1S/C13H17BrN2O2/c1-13(2)12(18)15-5-6-16(13)11-7-10(14)4-3-9(11)8-17/h3-4,7,17H,5-6,8H2,1-2H3,(H,15,18). The second-order valence-electron chi connectivity index (χ2n) is 4.90. The molecule has 1 aromatic rings. The molecule has 18 heavy (non-hydrogen) atoms. The number of rotatable bonds is 2. The number of benzene rings is 1. The summed E-state index contributed by atoms with van der Waals surface area (Å²) in [5.74, 6) is 0.0117. The van der Waals surface area contributed by atoms with Gasteiger partial charge in [-0.2, -0.15) is 0 Å². The molecule has 0 unspecified atom stereocenters. The van der Waals surface area contributed by atoms with E-state index >= 15 is 0 Å². The molecule has 0 saturated carbocycles. The molecular formula is C13H17BrN2O2. The summed E-state index contributed by atoms with van der Waals surface area (Å²) in [5.41, 5.74) is 1.14. The van der Waals surface area contributed by atoms with E-state index in [4.69, 9.17) is 0 Å². The Morgan fingerprint density at radius 1 is 1.50 bits per heavy atom. The lowest BCUT2D eigenvalue weighted by atomic mass is 9.96. The summed E-state index contributed by atoms with van der Waals surface area (Å²) in [6.07, 6.45) is 0. The molecule has 1 aliphatic rings. The Bertz CT molecular complexity index is 474. The number of aliphatic hydroxyl groups excluding tert-OH is 1. The maximum absolute atomic E-state index is 12.0. The third-order valence-corrected chi connectivity index (χ3v) is 3.85. The van der Waals surface area contributed by atoms with E-state index < -0.39 is 5.54 Å². The second kappa shape index (κ2) is 4.90. The van der Waals surface area contributed by atoms with Gasteiger partial charge in [-0.15, -0.1) is 0 Å². The average Bonchev–Trinajstić information content (AvgIpc) is 2.32. The van der Waals surface area contributed by atoms with Crippen LogP contribution in [0.25, 0.3) is 0 Å². The summed E-state index contributed by atoms with van der Waals surface area (Å²) in [6, 6.07) is 5.72. The lowest BCUT2D eigenvalue weighted by Crippen LogP contribution is -2.62. The largest absolute Gasteiger partial charge is 0.392 e. The van der Waals surface area contributed by atoms with Gasteiger partial charge in [-0.05, 0) is 26.0 Å². The Balaban J connectivity index is 2.46. The monoisotopic (exact) mass is 312 g/mol. The summed E-state index contributed by atoms with van der Waals surface area (Å²) in [4.78, 5) is 14.0. The van der Waals surface area contributed by atoms with Crippen molar-refractivity contribution in [1.82, 2.24) is 5.32 Å². The van der Waals surface area contributed by atoms with Crippen LogP contribution in [0.1, 0.15) is 19.4 Å². The van der Waals surface area contributed by atoms with Crippen molar-refractivity contribution in [2.24, 2.45) is 0 Å². The van der Waals surface area contributed by atoms with Crippen molar-refractivity contribution >= 4 is 27.5 Å². The average molecular weight is 313 g/mol. The number of aliphatic hydroxyl groups is 1. The summed E-state index contributed by atoms with van der Waals surface area (Å²) in [7, 11) is 0. The first kappa shape index (κ1) is 13.4. The van der Waals surface area contributed by atoms with Gasteiger partial charge in [-0.25, -0.2) is 0 Å². The van der Waals surface area contributed by atoms with Crippen LogP contribution >= 0.6 is 15.9 Å². The van der Waals surface area contributed by atoms with Gasteiger partial charge in [-0.1, -0.05) is 22.0 Å². The minimum absolute atomic E-state index is 0.0117. The van der Waals surface area contributed by atoms with Crippen molar-refractivity contribution in [1.29, 1.82) is 0 Å². The van der Waals surface area contributed by atoms with Gasteiger partial charge in [0.05, 0.1) is 6.61 Å². The van der Waals surface area contributed by atoms with Crippen LogP contribution in [-0.2, 0) is 11.4 Å². The van der Waals surface area contributed by atoms with Gasteiger partial charge in [0.15, 0.2) is 0 Å². The molecule has 98 valence electrons. The van der Waals surface area contributed by atoms with E-state index in [9.17, 15) is 9.90 Å². The molecule has 0 aliphatic carbocycles. The number of nitrogens with one attached hydrogen (secondary N) is 1. The number of hydrogen-bond acceptors (Lipinski definition) is 3. The van der Waals surface area contributed by atoms with Crippen LogP contribution in [0.5, 0.6) is 0 Å². The third-order valence-electron chi connectivity index (χ3n) is 3.36. The molecule has 4 nitrogen and oxygen atoms in total. The Kier molecular flexibility index (Phi) is 3.64. The highest BCUT2D eigenvalue weighted by molar-refractivity contribution is 9.10. The number of halogens is 1. The van der Waals surface area contributed by atoms with Crippen molar-refractivity contribution in [3.63, 3.8) is 0 Å². The van der Waals surface area contributed by atoms with E-state index in [1.54, 1.807) is 0 Å². The number of nitrogens with zero attached hydrogens (tertiary/aromatic N) is 1. The molecule has 1 amide bonds. The summed E-state index contributed by atoms with van der Waals surface area (Å²) >= 11 is 3.44. The van der Waals surface area contributed by atoms with Gasteiger partial charge in [-0.3, -0.25) is 4.79 Å². The zero-order valence-corrected chi connectivity index (χ0v) is 12.1. The molecule has 1 aromatic carbocycles.